The molecule has 0 radical (unpaired) electrons. The second-order valence-electron chi connectivity index (χ2n) is 8.99. The van der Waals surface area contributed by atoms with E-state index in [4.69, 9.17) is 9.47 Å². The molecule has 1 atom stereocenters. The number of hydrogen-bond donors (Lipinski definition) is 0. The Morgan fingerprint density at radius 3 is 2.38 bits per heavy atom. The summed E-state index contributed by atoms with van der Waals surface area (Å²) in [6.45, 7) is 5.03. The van der Waals surface area contributed by atoms with E-state index in [2.05, 4.69) is 0 Å². The Hall–Kier alpha value is -2.61. The molecule has 3 fully saturated rings. The first-order chi connectivity index (χ1) is 15.5. The van der Waals surface area contributed by atoms with E-state index >= 15 is 0 Å². The molecular weight excluding hydrogens is 410 g/mol. The van der Waals surface area contributed by atoms with Crippen LogP contribution in [0.1, 0.15) is 24.8 Å². The van der Waals surface area contributed by atoms with Crippen LogP contribution in [-0.4, -0.2) is 92.0 Å². The van der Waals surface area contributed by atoms with Gasteiger partial charge in [-0.05, 0) is 36.5 Å². The number of likely N-dealkylation sites (tertiary alicyclic amines) is 2. The van der Waals surface area contributed by atoms with Crippen molar-refractivity contribution in [2.24, 2.45) is 11.8 Å². The maximum Gasteiger partial charge on any atom is 0.228 e. The number of morpholine rings is 1. The summed E-state index contributed by atoms with van der Waals surface area (Å²) in [6, 6.07) is 7.60. The summed E-state index contributed by atoms with van der Waals surface area (Å²) >= 11 is 0. The third-order valence-electron chi connectivity index (χ3n) is 6.85. The average Bonchev–Trinajstić information content (AvgIpc) is 3.20. The van der Waals surface area contributed by atoms with E-state index in [-0.39, 0.29) is 23.6 Å². The van der Waals surface area contributed by atoms with Crippen LogP contribution in [0.5, 0.6) is 5.75 Å². The van der Waals surface area contributed by atoms with E-state index in [0.717, 1.165) is 37.2 Å². The van der Waals surface area contributed by atoms with Crippen LogP contribution in [0.4, 0.5) is 0 Å². The predicted molar refractivity (Wildman–Crippen MR) is 118 cm³/mol. The summed E-state index contributed by atoms with van der Waals surface area (Å²) in [7, 11) is 1.63. The third kappa shape index (κ3) is 5.41. The Kier molecular flexibility index (Phi) is 7.29. The van der Waals surface area contributed by atoms with Gasteiger partial charge in [0.2, 0.25) is 17.7 Å². The Bertz CT molecular complexity index is 813. The Morgan fingerprint density at radius 2 is 1.72 bits per heavy atom. The van der Waals surface area contributed by atoms with Gasteiger partial charge in [-0.3, -0.25) is 14.4 Å². The number of carbonyl (C=O) groups is 3. The van der Waals surface area contributed by atoms with Crippen molar-refractivity contribution in [3.63, 3.8) is 0 Å². The summed E-state index contributed by atoms with van der Waals surface area (Å²) in [5, 5.41) is 0. The number of benzene rings is 1. The minimum absolute atomic E-state index is 0.0784. The normalized spacial score (nSPS) is 22.3. The second kappa shape index (κ2) is 10.3. The molecule has 0 aromatic heterocycles. The number of ether oxygens (including phenoxy) is 2. The van der Waals surface area contributed by atoms with Crippen LogP contribution in [0.3, 0.4) is 0 Å². The fraction of sp³-hybridized carbons (Fsp3) is 0.625. The van der Waals surface area contributed by atoms with Crippen LogP contribution in [-0.2, 0) is 25.5 Å². The zero-order valence-electron chi connectivity index (χ0n) is 18.8. The number of hydrogen-bond acceptors (Lipinski definition) is 5. The van der Waals surface area contributed by atoms with E-state index in [0.29, 0.717) is 58.2 Å². The van der Waals surface area contributed by atoms with Gasteiger partial charge in [0.15, 0.2) is 0 Å². The maximum absolute atomic E-state index is 12.7. The highest BCUT2D eigenvalue weighted by Gasteiger charge is 2.38. The molecule has 0 spiro atoms. The molecule has 3 saturated heterocycles. The molecule has 3 amide bonds. The van der Waals surface area contributed by atoms with Gasteiger partial charge in [0.05, 0.1) is 32.7 Å². The molecule has 1 unspecified atom stereocenters. The second-order valence-corrected chi connectivity index (χ2v) is 8.99. The highest BCUT2D eigenvalue weighted by atomic mass is 16.5. The van der Waals surface area contributed by atoms with Crippen molar-refractivity contribution >= 4 is 17.7 Å². The van der Waals surface area contributed by atoms with Crippen molar-refractivity contribution in [3.05, 3.63) is 29.8 Å². The molecule has 0 N–H and O–H groups in total. The van der Waals surface area contributed by atoms with Crippen molar-refractivity contribution in [1.82, 2.24) is 14.7 Å². The molecule has 3 aliphatic rings. The van der Waals surface area contributed by atoms with Crippen molar-refractivity contribution < 1.29 is 23.9 Å². The van der Waals surface area contributed by atoms with E-state index in [9.17, 15) is 14.4 Å². The SMILES string of the molecule is COc1ccc(CC(=O)N2CCC(CN3CC(C(=O)N4CCOCC4)CC3=O)CC2)cc1. The molecule has 0 bridgehead atoms. The number of nitrogens with zero attached hydrogens (tertiary/aromatic N) is 3. The number of piperidine rings is 1. The summed E-state index contributed by atoms with van der Waals surface area (Å²) in [5.74, 6) is 1.24. The molecule has 174 valence electrons. The number of carbonyl (C=O) groups excluding carboxylic acids is 3. The standard InChI is InChI=1S/C24H33N3O5/c1-31-21-4-2-18(3-5-21)14-22(28)25-8-6-19(7-9-25)16-27-17-20(15-23(27)29)24(30)26-10-12-32-13-11-26/h2-5,19-20H,6-17H2,1H3. The van der Waals surface area contributed by atoms with Crippen LogP contribution in [0.15, 0.2) is 24.3 Å². The molecule has 3 heterocycles. The molecule has 1 aromatic rings. The van der Waals surface area contributed by atoms with Gasteiger partial charge >= 0.3 is 0 Å². The van der Waals surface area contributed by atoms with E-state index in [1.165, 1.54) is 0 Å². The van der Waals surface area contributed by atoms with Crippen molar-refractivity contribution in [1.29, 1.82) is 0 Å². The minimum Gasteiger partial charge on any atom is -0.497 e. The first-order valence-corrected chi connectivity index (χ1v) is 11.6. The number of amides is 3. The average molecular weight is 444 g/mol. The summed E-state index contributed by atoms with van der Waals surface area (Å²) in [4.78, 5) is 43.5. The van der Waals surface area contributed by atoms with Crippen molar-refractivity contribution in [3.8, 4) is 5.75 Å². The van der Waals surface area contributed by atoms with Gasteiger partial charge in [-0.15, -0.1) is 0 Å². The lowest BCUT2D eigenvalue weighted by molar-refractivity contribution is -0.139. The molecular formula is C24H33N3O5. The smallest absolute Gasteiger partial charge is 0.228 e. The van der Waals surface area contributed by atoms with Crippen LogP contribution in [0.25, 0.3) is 0 Å². The van der Waals surface area contributed by atoms with Gasteiger partial charge in [0, 0.05) is 45.7 Å². The summed E-state index contributed by atoms with van der Waals surface area (Å²) in [5.41, 5.74) is 0.983. The molecule has 8 nitrogen and oxygen atoms in total. The first-order valence-electron chi connectivity index (χ1n) is 11.6. The summed E-state index contributed by atoms with van der Waals surface area (Å²) in [6.07, 6.45) is 2.49. The van der Waals surface area contributed by atoms with Crippen LogP contribution in [0.2, 0.25) is 0 Å². The quantitative estimate of drug-likeness (QED) is 0.660. The molecule has 0 aliphatic carbocycles. The fourth-order valence-electron chi connectivity index (χ4n) is 4.86. The maximum atomic E-state index is 12.7. The Balaban J connectivity index is 1.21. The molecule has 0 saturated carbocycles. The lowest BCUT2D eigenvalue weighted by Gasteiger charge is -2.34. The van der Waals surface area contributed by atoms with Gasteiger partial charge in [0.1, 0.15) is 5.75 Å². The highest BCUT2D eigenvalue weighted by molar-refractivity contribution is 5.89. The van der Waals surface area contributed by atoms with Crippen molar-refractivity contribution in [2.45, 2.75) is 25.7 Å². The largest absolute Gasteiger partial charge is 0.497 e. The molecule has 3 aliphatic heterocycles. The summed E-state index contributed by atoms with van der Waals surface area (Å²) < 4.78 is 10.5. The van der Waals surface area contributed by atoms with Gasteiger partial charge in [-0.1, -0.05) is 12.1 Å². The molecule has 1 aromatic carbocycles. The van der Waals surface area contributed by atoms with E-state index < -0.39 is 0 Å². The Labute approximate surface area is 189 Å². The van der Waals surface area contributed by atoms with Crippen LogP contribution >= 0.6 is 0 Å². The number of methoxy groups -OCH3 is 1. The Morgan fingerprint density at radius 1 is 1.03 bits per heavy atom. The lowest BCUT2D eigenvalue weighted by Crippen LogP contribution is -2.45. The van der Waals surface area contributed by atoms with Gasteiger partial charge in [-0.2, -0.15) is 0 Å². The fourth-order valence-corrected chi connectivity index (χ4v) is 4.86. The van der Waals surface area contributed by atoms with Gasteiger partial charge < -0.3 is 24.2 Å². The van der Waals surface area contributed by atoms with Gasteiger partial charge in [-0.25, -0.2) is 0 Å². The molecule has 8 heteroatoms. The highest BCUT2D eigenvalue weighted by Crippen LogP contribution is 2.25. The topological polar surface area (TPSA) is 79.4 Å². The third-order valence-corrected chi connectivity index (χ3v) is 6.85. The molecule has 4 rings (SSSR count). The van der Waals surface area contributed by atoms with Crippen LogP contribution < -0.4 is 4.74 Å². The first kappa shape index (κ1) is 22.6. The van der Waals surface area contributed by atoms with Crippen LogP contribution in [0, 0.1) is 11.8 Å². The zero-order chi connectivity index (χ0) is 22.5. The van der Waals surface area contributed by atoms with Crippen molar-refractivity contribution in [2.75, 3.05) is 59.6 Å². The number of rotatable bonds is 6. The van der Waals surface area contributed by atoms with E-state index in [1.807, 2.05) is 39.0 Å². The monoisotopic (exact) mass is 443 g/mol. The lowest BCUT2D eigenvalue weighted by atomic mass is 9.95. The molecule has 32 heavy (non-hydrogen) atoms. The zero-order valence-corrected chi connectivity index (χ0v) is 18.8. The minimum atomic E-state index is -0.230. The van der Waals surface area contributed by atoms with E-state index in [1.54, 1.807) is 7.11 Å². The van der Waals surface area contributed by atoms with Gasteiger partial charge in [0.25, 0.3) is 0 Å². The predicted octanol–water partition coefficient (Wildman–Crippen LogP) is 1.18.